The number of halogens is 2. The standard InChI is InChI=1S/C23H24F2O4/c1-12(2)17-11-19(26)13(3)7-18(17)22-20(27)9-15(10-21(22)28)14-5-4-6-16(8-14)29-23(24)25/h4-10,17-19,23,26-28H,1,11H2,2-3H3/t17-,18+,19-/m0/s1. The van der Waals surface area contributed by atoms with Crippen LogP contribution in [0.15, 0.2) is 60.2 Å². The highest BCUT2D eigenvalue weighted by molar-refractivity contribution is 5.70. The van der Waals surface area contributed by atoms with Gasteiger partial charge in [0.1, 0.15) is 17.2 Å². The molecule has 0 fully saturated rings. The van der Waals surface area contributed by atoms with E-state index in [-0.39, 0.29) is 29.1 Å². The van der Waals surface area contributed by atoms with Gasteiger partial charge in [0.2, 0.25) is 0 Å². The number of ether oxygens (including phenoxy) is 1. The van der Waals surface area contributed by atoms with Gasteiger partial charge in [0.15, 0.2) is 0 Å². The Kier molecular flexibility index (Phi) is 5.94. The summed E-state index contributed by atoms with van der Waals surface area (Å²) in [7, 11) is 0. The Labute approximate surface area is 168 Å². The SMILES string of the molecule is C=C(C)[C@@H]1C[C@H](O)C(C)=C[C@H]1c1c(O)cc(-c2cccc(OC(F)F)c2)cc1O. The van der Waals surface area contributed by atoms with Crippen molar-refractivity contribution in [2.75, 3.05) is 0 Å². The second-order valence-corrected chi connectivity index (χ2v) is 7.48. The van der Waals surface area contributed by atoms with E-state index in [1.165, 1.54) is 24.3 Å². The number of hydrogen-bond acceptors (Lipinski definition) is 4. The highest BCUT2D eigenvalue weighted by Gasteiger charge is 2.33. The van der Waals surface area contributed by atoms with Crippen LogP contribution in [0.3, 0.4) is 0 Å². The predicted octanol–water partition coefficient (Wildman–Crippen LogP) is 5.35. The number of aliphatic hydroxyl groups is 1. The third-order valence-electron chi connectivity index (χ3n) is 5.37. The minimum absolute atomic E-state index is 0.0114. The first kappa shape index (κ1) is 20.9. The fraction of sp³-hybridized carbons (Fsp3) is 0.304. The van der Waals surface area contributed by atoms with Gasteiger partial charge in [0.05, 0.1) is 6.10 Å². The summed E-state index contributed by atoms with van der Waals surface area (Å²) in [6.45, 7) is 4.72. The second-order valence-electron chi connectivity index (χ2n) is 7.48. The van der Waals surface area contributed by atoms with Gasteiger partial charge in [-0.1, -0.05) is 30.4 Å². The molecule has 3 atom stereocenters. The molecule has 6 heteroatoms. The maximum Gasteiger partial charge on any atom is 0.387 e. The molecule has 29 heavy (non-hydrogen) atoms. The molecule has 0 amide bonds. The molecule has 0 bridgehead atoms. The van der Waals surface area contributed by atoms with E-state index < -0.39 is 12.7 Å². The average Bonchev–Trinajstić information content (AvgIpc) is 2.63. The Morgan fingerprint density at radius 3 is 2.38 bits per heavy atom. The van der Waals surface area contributed by atoms with Crippen LogP contribution in [-0.4, -0.2) is 28.0 Å². The van der Waals surface area contributed by atoms with Gasteiger partial charge in [-0.3, -0.25) is 0 Å². The van der Waals surface area contributed by atoms with Gasteiger partial charge in [-0.15, -0.1) is 0 Å². The van der Waals surface area contributed by atoms with Crippen LogP contribution in [0.25, 0.3) is 11.1 Å². The van der Waals surface area contributed by atoms with Crippen LogP contribution in [-0.2, 0) is 0 Å². The summed E-state index contributed by atoms with van der Waals surface area (Å²) in [4.78, 5) is 0. The quantitative estimate of drug-likeness (QED) is 0.590. The zero-order chi connectivity index (χ0) is 21.3. The van der Waals surface area contributed by atoms with Crippen molar-refractivity contribution in [3.05, 3.63) is 65.8 Å². The lowest BCUT2D eigenvalue weighted by Gasteiger charge is -2.34. The zero-order valence-corrected chi connectivity index (χ0v) is 16.3. The highest BCUT2D eigenvalue weighted by atomic mass is 19.3. The molecule has 4 nitrogen and oxygen atoms in total. The Morgan fingerprint density at radius 2 is 1.79 bits per heavy atom. The lowest BCUT2D eigenvalue weighted by atomic mass is 9.72. The van der Waals surface area contributed by atoms with E-state index in [0.717, 1.165) is 11.1 Å². The van der Waals surface area contributed by atoms with Gasteiger partial charge in [-0.2, -0.15) is 8.78 Å². The van der Waals surface area contributed by atoms with Gasteiger partial charge in [-0.25, -0.2) is 0 Å². The van der Waals surface area contributed by atoms with Crippen molar-refractivity contribution in [1.82, 2.24) is 0 Å². The van der Waals surface area contributed by atoms with Crippen LogP contribution in [0.5, 0.6) is 17.2 Å². The number of alkyl halides is 2. The van der Waals surface area contributed by atoms with E-state index in [1.54, 1.807) is 12.1 Å². The Hall–Kier alpha value is -2.86. The fourth-order valence-electron chi connectivity index (χ4n) is 3.86. The molecule has 0 unspecified atom stereocenters. The Morgan fingerprint density at radius 1 is 1.14 bits per heavy atom. The first-order valence-corrected chi connectivity index (χ1v) is 9.30. The number of hydrogen-bond donors (Lipinski definition) is 3. The van der Waals surface area contributed by atoms with Crippen molar-refractivity contribution < 1.29 is 28.8 Å². The maximum absolute atomic E-state index is 12.5. The molecule has 0 aromatic heterocycles. The van der Waals surface area contributed by atoms with Crippen LogP contribution >= 0.6 is 0 Å². The van der Waals surface area contributed by atoms with E-state index in [2.05, 4.69) is 11.3 Å². The van der Waals surface area contributed by atoms with Crippen molar-refractivity contribution in [3.8, 4) is 28.4 Å². The van der Waals surface area contributed by atoms with Crippen molar-refractivity contribution in [3.63, 3.8) is 0 Å². The highest BCUT2D eigenvalue weighted by Crippen LogP contribution is 2.47. The minimum Gasteiger partial charge on any atom is -0.507 e. The third-order valence-corrected chi connectivity index (χ3v) is 5.37. The number of aromatic hydroxyl groups is 2. The first-order chi connectivity index (χ1) is 13.7. The molecule has 0 aliphatic heterocycles. The molecule has 1 aliphatic rings. The summed E-state index contributed by atoms with van der Waals surface area (Å²) >= 11 is 0. The number of aliphatic hydroxyl groups excluding tert-OH is 1. The molecule has 1 aliphatic carbocycles. The normalized spacial score (nSPS) is 21.7. The van der Waals surface area contributed by atoms with Crippen LogP contribution < -0.4 is 4.74 Å². The smallest absolute Gasteiger partial charge is 0.387 e. The lowest BCUT2D eigenvalue weighted by Crippen LogP contribution is -2.26. The number of benzene rings is 2. The van der Waals surface area contributed by atoms with Crippen molar-refractivity contribution in [2.45, 2.75) is 38.9 Å². The van der Waals surface area contributed by atoms with Gasteiger partial charge in [0.25, 0.3) is 0 Å². The third kappa shape index (κ3) is 4.43. The van der Waals surface area contributed by atoms with Crippen molar-refractivity contribution >= 4 is 0 Å². The maximum atomic E-state index is 12.5. The van der Waals surface area contributed by atoms with E-state index in [1.807, 2.05) is 19.9 Å². The van der Waals surface area contributed by atoms with Gasteiger partial charge in [0, 0.05) is 11.5 Å². The van der Waals surface area contributed by atoms with E-state index in [0.29, 0.717) is 23.1 Å². The molecule has 3 N–H and O–H groups in total. The zero-order valence-electron chi connectivity index (χ0n) is 16.3. The summed E-state index contributed by atoms with van der Waals surface area (Å²) in [5.74, 6) is -0.714. The largest absolute Gasteiger partial charge is 0.507 e. The Balaban J connectivity index is 2.03. The number of rotatable bonds is 5. The fourth-order valence-corrected chi connectivity index (χ4v) is 3.86. The van der Waals surface area contributed by atoms with E-state index in [9.17, 15) is 24.1 Å². The van der Waals surface area contributed by atoms with Crippen molar-refractivity contribution in [2.24, 2.45) is 5.92 Å². The van der Waals surface area contributed by atoms with Crippen LogP contribution in [0.2, 0.25) is 0 Å². The molecular weight excluding hydrogens is 378 g/mol. The monoisotopic (exact) mass is 402 g/mol. The van der Waals surface area contributed by atoms with Crippen LogP contribution in [0, 0.1) is 5.92 Å². The molecule has 0 saturated carbocycles. The molecular formula is C23H24F2O4. The summed E-state index contributed by atoms with van der Waals surface area (Å²) in [6, 6.07) is 9.02. The molecule has 154 valence electrons. The average molecular weight is 402 g/mol. The van der Waals surface area contributed by atoms with Crippen LogP contribution in [0.1, 0.15) is 31.7 Å². The molecule has 0 saturated heterocycles. The summed E-state index contributed by atoms with van der Waals surface area (Å²) in [5.41, 5.74) is 2.95. The van der Waals surface area contributed by atoms with E-state index >= 15 is 0 Å². The van der Waals surface area contributed by atoms with Crippen LogP contribution in [0.4, 0.5) is 8.78 Å². The molecule has 2 aromatic rings. The predicted molar refractivity (Wildman–Crippen MR) is 107 cm³/mol. The van der Waals surface area contributed by atoms with Gasteiger partial charge < -0.3 is 20.1 Å². The minimum atomic E-state index is -2.94. The summed E-state index contributed by atoms with van der Waals surface area (Å²) in [6.07, 6.45) is 1.71. The first-order valence-electron chi connectivity index (χ1n) is 9.30. The molecule has 3 rings (SSSR count). The number of phenols is 2. The number of phenolic OH excluding ortho intramolecular Hbond substituents is 2. The van der Waals surface area contributed by atoms with Gasteiger partial charge in [-0.05, 0) is 67.2 Å². The Bertz CT molecular complexity index is 929. The molecule has 0 spiro atoms. The lowest BCUT2D eigenvalue weighted by molar-refractivity contribution is -0.0498. The second kappa shape index (κ2) is 8.25. The van der Waals surface area contributed by atoms with Gasteiger partial charge >= 0.3 is 6.61 Å². The van der Waals surface area contributed by atoms with E-state index in [4.69, 9.17) is 0 Å². The number of allylic oxidation sites excluding steroid dienone is 2. The molecule has 0 heterocycles. The molecule has 2 aromatic carbocycles. The van der Waals surface area contributed by atoms with Crippen molar-refractivity contribution in [1.29, 1.82) is 0 Å². The molecule has 0 radical (unpaired) electrons. The summed E-state index contributed by atoms with van der Waals surface area (Å²) in [5, 5.41) is 31.6. The topological polar surface area (TPSA) is 69.9 Å². The summed E-state index contributed by atoms with van der Waals surface area (Å²) < 4.78 is 29.4.